The molecule has 1 rings (SSSR count). The van der Waals surface area contributed by atoms with Gasteiger partial charge >= 0.3 is 5.97 Å². The van der Waals surface area contributed by atoms with Gasteiger partial charge in [-0.3, -0.25) is 4.79 Å². The van der Waals surface area contributed by atoms with Crippen LogP contribution in [-0.2, 0) is 9.53 Å². The van der Waals surface area contributed by atoms with Crippen LogP contribution in [0, 0.1) is 0 Å². The van der Waals surface area contributed by atoms with E-state index in [-0.39, 0.29) is 18.3 Å². The fourth-order valence-electron chi connectivity index (χ4n) is 1.03. The molecule has 5 heteroatoms. The molecule has 0 fully saturated rings. The van der Waals surface area contributed by atoms with Crippen molar-refractivity contribution in [2.75, 3.05) is 18.5 Å². The summed E-state index contributed by atoms with van der Waals surface area (Å²) in [6, 6.07) is 4.55. The third-order valence-electron chi connectivity index (χ3n) is 1.69. The Labute approximate surface area is 92.8 Å². The molecule has 0 heterocycles. The molecular weight excluding hydrogens is 218 g/mol. The van der Waals surface area contributed by atoms with Crippen LogP contribution < -0.4 is 5.32 Å². The van der Waals surface area contributed by atoms with Crippen molar-refractivity contribution < 1.29 is 14.6 Å². The van der Waals surface area contributed by atoms with Crippen LogP contribution in [0.25, 0.3) is 0 Å². The minimum absolute atomic E-state index is 0.00173. The van der Waals surface area contributed by atoms with Crippen molar-refractivity contribution in [1.29, 1.82) is 0 Å². The molecule has 0 saturated carbocycles. The zero-order valence-corrected chi connectivity index (χ0v) is 9.04. The fraction of sp³-hybridized carbons (Fsp3) is 0.300. The van der Waals surface area contributed by atoms with Crippen molar-refractivity contribution in [3.05, 3.63) is 23.2 Å². The average molecular weight is 230 g/mol. The molecule has 0 amide bonds. The quantitative estimate of drug-likeness (QED) is 0.613. The van der Waals surface area contributed by atoms with E-state index in [0.717, 1.165) is 0 Å². The lowest BCUT2D eigenvalue weighted by molar-refractivity contribution is -0.140. The van der Waals surface area contributed by atoms with E-state index in [1.165, 1.54) is 12.1 Å². The molecule has 0 aromatic heterocycles. The number of rotatable bonds is 4. The molecule has 0 unspecified atom stereocenters. The van der Waals surface area contributed by atoms with E-state index in [2.05, 4.69) is 5.32 Å². The molecule has 0 radical (unpaired) electrons. The number of hydrogen-bond donors (Lipinski definition) is 2. The molecule has 0 bridgehead atoms. The Morgan fingerprint density at radius 1 is 1.60 bits per heavy atom. The van der Waals surface area contributed by atoms with Gasteiger partial charge in [-0.25, -0.2) is 0 Å². The lowest BCUT2D eigenvalue weighted by Gasteiger charge is -2.07. The molecule has 0 atom stereocenters. The maximum absolute atomic E-state index is 11.0. The summed E-state index contributed by atoms with van der Waals surface area (Å²) in [6.07, 6.45) is 0. The SMILES string of the molecule is CCOC(=O)CNc1cc(Cl)ccc1O. The summed E-state index contributed by atoms with van der Waals surface area (Å²) < 4.78 is 4.72. The molecule has 1 aromatic rings. The van der Waals surface area contributed by atoms with Gasteiger partial charge in [0.25, 0.3) is 0 Å². The van der Waals surface area contributed by atoms with E-state index in [0.29, 0.717) is 17.3 Å². The summed E-state index contributed by atoms with van der Waals surface area (Å²) in [5, 5.41) is 12.6. The number of carbonyl (C=O) groups excluding carboxylic acids is 1. The maximum atomic E-state index is 11.0. The minimum Gasteiger partial charge on any atom is -0.506 e. The lowest BCUT2D eigenvalue weighted by atomic mass is 10.3. The first-order chi connectivity index (χ1) is 7.13. The second-order valence-corrected chi connectivity index (χ2v) is 3.26. The Hall–Kier alpha value is -1.42. The summed E-state index contributed by atoms with van der Waals surface area (Å²) >= 11 is 5.73. The molecule has 4 nitrogen and oxygen atoms in total. The van der Waals surface area contributed by atoms with Crippen molar-refractivity contribution in [3.63, 3.8) is 0 Å². The number of phenols is 1. The van der Waals surface area contributed by atoms with Crippen LogP contribution in [0.5, 0.6) is 5.75 Å². The number of halogens is 1. The molecule has 82 valence electrons. The summed E-state index contributed by atoms with van der Waals surface area (Å²) in [6.45, 7) is 2.07. The normalized spacial score (nSPS) is 9.73. The smallest absolute Gasteiger partial charge is 0.325 e. The second kappa shape index (κ2) is 5.46. The highest BCUT2D eigenvalue weighted by Crippen LogP contribution is 2.26. The number of benzene rings is 1. The molecule has 2 N–H and O–H groups in total. The van der Waals surface area contributed by atoms with Gasteiger partial charge in [0.05, 0.1) is 12.3 Å². The number of hydrogen-bond acceptors (Lipinski definition) is 4. The van der Waals surface area contributed by atoms with Gasteiger partial charge in [-0.15, -0.1) is 0 Å². The highest BCUT2D eigenvalue weighted by Gasteiger charge is 2.05. The summed E-state index contributed by atoms with van der Waals surface area (Å²) in [7, 11) is 0. The van der Waals surface area contributed by atoms with Crippen molar-refractivity contribution >= 4 is 23.3 Å². The van der Waals surface area contributed by atoms with Crippen molar-refractivity contribution in [2.24, 2.45) is 0 Å². The van der Waals surface area contributed by atoms with Crippen LogP contribution in [0.4, 0.5) is 5.69 Å². The molecule has 0 aliphatic rings. The van der Waals surface area contributed by atoms with Crippen molar-refractivity contribution in [2.45, 2.75) is 6.92 Å². The summed E-state index contributed by atoms with van der Waals surface area (Å²) in [5.74, 6) is -0.333. The van der Waals surface area contributed by atoms with Crippen LogP contribution in [0.15, 0.2) is 18.2 Å². The van der Waals surface area contributed by atoms with Gasteiger partial charge in [-0.1, -0.05) is 11.6 Å². The van der Waals surface area contributed by atoms with Gasteiger partial charge in [-0.2, -0.15) is 0 Å². The Kier molecular flexibility index (Phi) is 4.24. The average Bonchev–Trinajstić information content (AvgIpc) is 2.20. The van der Waals surface area contributed by atoms with Crippen LogP contribution in [0.2, 0.25) is 5.02 Å². The predicted molar refractivity (Wildman–Crippen MR) is 58.2 cm³/mol. The topological polar surface area (TPSA) is 58.6 Å². The van der Waals surface area contributed by atoms with E-state index in [9.17, 15) is 9.90 Å². The van der Waals surface area contributed by atoms with Gasteiger partial charge in [0, 0.05) is 5.02 Å². The Balaban J connectivity index is 2.57. The molecule has 0 saturated heterocycles. The number of esters is 1. The number of phenolic OH excluding ortho intramolecular Hbond substituents is 1. The monoisotopic (exact) mass is 229 g/mol. The van der Waals surface area contributed by atoms with Crippen LogP contribution in [0.1, 0.15) is 6.92 Å². The van der Waals surface area contributed by atoms with Gasteiger partial charge in [-0.05, 0) is 25.1 Å². The van der Waals surface area contributed by atoms with Gasteiger partial charge in [0.15, 0.2) is 0 Å². The van der Waals surface area contributed by atoms with E-state index < -0.39 is 0 Å². The van der Waals surface area contributed by atoms with Crippen LogP contribution >= 0.6 is 11.6 Å². The molecule has 0 aliphatic carbocycles. The number of aromatic hydroxyl groups is 1. The largest absolute Gasteiger partial charge is 0.506 e. The first-order valence-electron chi connectivity index (χ1n) is 4.51. The Morgan fingerprint density at radius 2 is 2.33 bits per heavy atom. The van der Waals surface area contributed by atoms with Gasteiger partial charge in [0.1, 0.15) is 12.3 Å². The fourth-order valence-corrected chi connectivity index (χ4v) is 1.20. The van der Waals surface area contributed by atoms with Gasteiger partial charge < -0.3 is 15.2 Å². The maximum Gasteiger partial charge on any atom is 0.325 e. The zero-order valence-electron chi connectivity index (χ0n) is 8.29. The second-order valence-electron chi connectivity index (χ2n) is 2.82. The number of anilines is 1. The number of carbonyl (C=O) groups is 1. The molecule has 1 aromatic carbocycles. The molecular formula is C10H12ClNO3. The molecule has 0 spiro atoms. The molecule has 0 aliphatic heterocycles. The Bertz CT molecular complexity index is 355. The van der Waals surface area contributed by atoms with Gasteiger partial charge in [0.2, 0.25) is 0 Å². The highest BCUT2D eigenvalue weighted by molar-refractivity contribution is 6.30. The van der Waals surface area contributed by atoms with Crippen molar-refractivity contribution in [3.8, 4) is 5.75 Å². The minimum atomic E-state index is -0.378. The van der Waals surface area contributed by atoms with Crippen LogP contribution in [-0.4, -0.2) is 24.2 Å². The zero-order chi connectivity index (χ0) is 11.3. The van der Waals surface area contributed by atoms with E-state index in [1.807, 2.05) is 0 Å². The van der Waals surface area contributed by atoms with Crippen molar-refractivity contribution in [1.82, 2.24) is 0 Å². The standard InChI is InChI=1S/C10H12ClNO3/c1-2-15-10(14)6-12-8-5-7(11)3-4-9(8)13/h3-5,12-13H,2,6H2,1H3. The third kappa shape index (κ3) is 3.67. The van der Waals surface area contributed by atoms with E-state index in [4.69, 9.17) is 16.3 Å². The predicted octanol–water partition coefficient (Wildman–Crippen LogP) is 2.02. The Morgan fingerprint density at radius 3 is 3.00 bits per heavy atom. The lowest BCUT2D eigenvalue weighted by Crippen LogP contribution is -2.16. The van der Waals surface area contributed by atoms with Crippen LogP contribution in [0.3, 0.4) is 0 Å². The molecule has 15 heavy (non-hydrogen) atoms. The highest BCUT2D eigenvalue weighted by atomic mass is 35.5. The first kappa shape index (κ1) is 11.7. The third-order valence-corrected chi connectivity index (χ3v) is 1.92. The first-order valence-corrected chi connectivity index (χ1v) is 4.89. The van der Waals surface area contributed by atoms with E-state index >= 15 is 0 Å². The van der Waals surface area contributed by atoms with E-state index in [1.54, 1.807) is 13.0 Å². The number of ether oxygens (including phenoxy) is 1. The summed E-state index contributed by atoms with van der Waals surface area (Å²) in [4.78, 5) is 11.0. The number of nitrogens with one attached hydrogen (secondary N) is 1. The summed E-state index contributed by atoms with van der Waals surface area (Å²) in [5.41, 5.74) is 0.413.